The zero-order valence-electron chi connectivity index (χ0n) is 12.1. The summed E-state index contributed by atoms with van der Waals surface area (Å²) in [5.74, 6) is 0.0274. The third-order valence-corrected chi connectivity index (χ3v) is 3.54. The van der Waals surface area contributed by atoms with Crippen molar-refractivity contribution in [1.29, 1.82) is 0 Å². The summed E-state index contributed by atoms with van der Waals surface area (Å²) in [6.45, 7) is 7.84. The Kier molecular flexibility index (Phi) is 5.38. The maximum atomic E-state index is 12.0. The minimum Gasteiger partial charge on any atom is -0.399 e. The van der Waals surface area contributed by atoms with Gasteiger partial charge in [-0.2, -0.15) is 0 Å². The van der Waals surface area contributed by atoms with E-state index in [1.807, 2.05) is 18.2 Å². The number of carbonyl (C=O) groups excluding carboxylic acids is 1. The van der Waals surface area contributed by atoms with Gasteiger partial charge >= 0.3 is 0 Å². The van der Waals surface area contributed by atoms with Gasteiger partial charge in [0.15, 0.2) is 0 Å². The highest BCUT2D eigenvalue weighted by atomic mass is 16.2. The van der Waals surface area contributed by atoms with E-state index < -0.39 is 0 Å². The third kappa shape index (κ3) is 4.51. The Bertz CT molecular complexity index is 441. The molecule has 1 saturated heterocycles. The Morgan fingerprint density at radius 3 is 2.60 bits per heavy atom. The molecule has 3 N–H and O–H groups in total. The van der Waals surface area contributed by atoms with Gasteiger partial charge in [-0.3, -0.25) is 9.69 Å². The molecule has 0 atom stereocenters. The summed E-state index contributed by atoms with van der Waals surface area (Å²) in [6.07, 6.45) is 1.19. The van der Waals surface area contributed by atoms with Gasteiger partial charge in [0.2, 0.25) is 5.91 Å². The van der Waals surface area contributed by atoms with Gasteiger partial charge in [-0.05, 0) is 31.2 Å². The van der Waals surface area contributed by atoms with Crippen molar-refractivity contribution in [3.05, 3.63) is 24.3 Å². The maximum absolute atomic E-state index is 12.0. The summed E-state index contributed by atoms with van der Waals surface area (Å²) in [6, 6.07) is 7.28. The van der Waals surface area contributed by atoms with E-state index in [1.165, 1.54) is 6.42 Å². The van der Waals surface area contributed by atoms with Crippen LogP contribution in [0.5, 0.6) is 0 Å². The van der Waals surface area contributed by atoms with Gasteiger partial charge in [-0.15, -0.1) is 0 Å². The molecule has 0 spiro atoms. The SMILES string of the molecule is CCCN1CCN(CC(=O)Nc2cccc(N)c2)CC1. The van der Waals surface area contributed by atoms with Crippen molar-refractivity contribution < 1.29 is 4.79 Å². The standard InChI is InChI=1S/C15H24N4O/c1-2-6-18-7-9-19(10-8-18)12-15(20)17-14-5-3-4-13(16)11-14/h3-5,11H,2,6-10,12,16H2,1H3,(H,17,20). The van der Waals surface area contributed by atoms with E-state index in [2.05, 4.69) is 22.0 Å². The molecule has 0 unspecified atom stereocenters. The highest BCUT2D eigenvalue weighted by Crippen LogP contribution is 2.11. The van der Waals surface area contributed by atoms with Crippen molar-refractivity contribution in [3.8, 4) is 0 Å². The summed E-state index contributed by atoms with van der Waals surface area (Å²) >= 11 is 0. The van der Waals surface area contributed by atoms with Crippen LogP contribution in [-0.4, -0.2) is 55.0 Å². The smallest absolute Gasteiger partial charge is 0.238 e. The topological polar surface area (TPSA) is 61.6 Å². The van der Waals surface area contributed by atoms with Crippen LogP contribution >= 0.6 is 0 Å². The van der Waals surface area contributed by atoms with E-state index in [4.69, 9.17) is 5.73 Å². The molecule has 20 heavy (non-hydrogen) atoms. The Balaban J connectivity index is 1.75. The molecular weight excluding hydrogens is 252 g/mol. The van der Waals surface area contributed by atoms with Crippen LogP contribution in [0.1, 0.15) is 13.3 Å². The number of nitrogens with zero attached hydrogens (tertiary/aromatic N) is 2. The normalized spacial score (nSPS) is 17.1. The Labute approximate surface area is 120 Å². The molecule has 110 valence electrons. The van der Waals surface area contributed by atoms with E-state index in [-0.39, 0.29) is 5.91 Å². The zero-order chi connectivity index (χ0) is 14.4. The molecule has 0 aliphatic carbocycles. The summed E-state index contributed by atoms with van der Waals surface area (Å²) < 4.78 is 0. The van der Waals surface area contributed by atoms with Crippen LogP contribution in [0.3, 0.4) is 0 Å². The molecule has 1 aliphatic heterocycles. The lowest BCUT2D eigenvalue weighted by Gasteiger charge is -2.34. The van der Waals surface area contributed by atoms with Gasteiger partial charge in [0.25, 0.3) is 0 Å². The predicted octanol–water partition coefficient (Wildman–Crippen LogP) is 1.23. The lowest BCUT2D eigenvalue weighted by molar-refractivity contribution is -0.117. The molecule has 0 radical (unpaired) electrons. The summed E-state index contributed by atoms with van der Waals surface area (Å²) in [4.78, 5) is 16.6. The third-order valence-electron chi connectivity index (χ3n) is 3.54. The molecule has 2 rings (SSSR count). The molecule has 5 nitrogen and oxygen atoms in total. The second kappa shape index (κ2) is 7.26. The van der Waals surface area contributed by atoms with Crippen LogP contribution in [0.25, 0.3) is 0 Å². The second-order valence-electron chi connectivity index (χ2n) is 5.29. The fourth-order valence-electron chi connectivity index (χ4n) is 2.51. The lowest BCUT2D eigenvalue weighted by atomic mass is 10.2. The van der Waals surface area contributed by atoms with Crippen LogP contribution in [0.2, 0.25) is 0 Å². The van der Waals surface area contributed by atoms with Crippen molar-refractivity contribution in [2.24, 2.45) is 0 Å². The molecule has 5 heteroatoms. The lowest BCUT2D eigenvalue weighted by Crippen LogP contribution is -2.48. The molecule has 1 fully saturated rings. The van der Waals surface area contributed by atoms with Gasteiger partial charge < -0.3 is 16.0 Å². The van der Waals surface area contributed by atoms with Crippen LogP contribution in [-0.2, 0) is 4.79 Å². The van der Waals surface area contributed by atoms with Gasteiger partial charge in [0.1, 0.15) is 0 Å². The first-order valence-corrected chi connectivity index (χ1v) is 7.27. The number of nitrogens with two attached hydrogens (primary N) is 1. The number of rotatable bonds is 5. The second-order valence-corrected chi connectivity index (χ2v) is 5.29. The summed E-state index contributed by atoms with van der Waals surface area (Å²) in [5.41, 5.74) is 7.12. The largest absolute Gasteiger partial charge is 0.399 e. The van der Waals surface area contributed by atoms with Crippen LogP contribution in [0.4, 0.5) is 11.4 Å². The fourth-order valence-corrected chi connectivity index (χ4v) is 2.51. The number of carbonyl (C=O) groups is 1. The van der Waals surface area contributed by atoms with Crippen molar-refractivity contribution in [1.82, 2.24) is 9.80 Å². The van der Waals surface area contributed by atoms with E-state index in [9.17, 15) is 4.79 Å². The van der Waals surface area contributed by atoms with Gasteiger partial charge in [-0.25, -0.2) is 0 Å². The van der Waals surface area contributed by atoms with Crippen molar-refractivity contribution in [2.45, 2.75) is 13.3 Å². The van der Waals surface area contributed by atoms with Crippen molar-refractivity contribution in [2.75, 3.05) is 50.3 Å². The number of nitrogens with one attached hydrogen (secondary N) is 1. The number of hydrogen-bond acceptors (Lipinski definition) is 4. The van der Waals surface area contributed by atoms with Crippen LogP contribution in [0.15, 0.2) is 24.3 Å². The highest BCUT2D eigenvalue weighted by molar-refractivity contribution is 5.92. The molecule has 0 aromatic heterocycles. The van der Waals surface area contributed by atoms with E-state index >= 15 is 0 Å². The van der Waals surface area contributed by atoms with Gasteiger partial charge in [-0.1, -0.05) is 13.0 Å². The number of nitrogen functional groups attached to an aromatic ring is 1. The highest BCUT2D eigenvalue weighted by Gasteiger charge is 2.18. The number of benzene rings is 1. The molecule has 1 aromatic rings. The van der Waals surface area contributed by atoms with Crippen LogP contribution < -0.4 is 11.1 Å². The fraction of sp³-hybridized carbons (Fsp3) is 0.533. The number of anilines is 2. The van der Waals surface area contributed by atoms with E-state index in [0.29, 0.717) is 12.2 Å². The van der Waals surface area contributed by atoms with Crippen LogP contribution in [0, 0.1) is 0 Å². The van der Waals surface area contributed by atoms with E-state index in [0.717, 1.165) is 38.4 Å². The van der Waals surface area contributed by atoms with Crippen molar-refractivity contribution >= 4 is 17.3 Å². The molecule has 0 bridgehead atoms. The average Bonchev–Trinajstić information content (AvgIpc) is 2.41. The average molecular weight is 276 g/mol. The summed E-state index contributed by atoms with van der Waals surface area (Å²) in [5, 5.41) is 2.89. The molecule has 1 heterocycles. The zero-order valence-corrected chi connectivity index (χ0v) is 12.1. The maximum Gasteiger partial charge on any atom is 0.238 e. The first-order chi connectivity index (χ1) is 9.67. The van der Waals surface area contributed by atoms with Crippen molar-refractivity contribution in [3.63, 3.8) is 0 Å². The summed E-state index contributed by atoms with van der Waals surface area (Å²) in [7, 11) is 0. The molecule has 1 aliphatic rings. The molecule has 1 amide bonds. The van der Waals surface area contributed by atoms with E-state index in [1.54, 1.807) is 6.07 Å². The molecule has 0 saturated carbocycles. The quantitative estimate of drug-likeness (QED) is 0.794. The number of hydrogen-bond donors (Lipinski definition) is 2. The van der Waals surface area contributed by atoms with Gasteiger partial charge in [0, 0.05) is 37.6 Å². The predicted molar refractivity (Wildman–Crippen MR) is 82.7 cm³/mol. The number of piperazine rings is 1. The Morgan fingerprint density at radius 1 is 1.25 bits per heavy atom. The Morgan fingerprint density at radius 2 is 1.95 bits per heavy atom. The first kappa shape index (κ1) is 14.8. The van der Waals surface area contributed by atoms with Gasteiger partial charge in [0.05, 0.1) is 6.54 Å². The Hall–Kier alpha value is -1.59. The molecule has 1 aromatic carbocycles. The minimum atomic E-state index is 0.0274. The minimum absolute atomic E-state index is 0.0274. The number of amides is 1. The first-order valence-electron chi connectivity index (χ1n) is 7.27. The molecular formula is C15H24N4O. The monoisotopic (exact) mass is 276 g/mol.